The highest BCUT2D eigenvalue weighted by Crippen LogP contribution is 2.27. The smallest absolute Gasteiger partial charge is 0.255 e. The number of methoxy groups -OCH3 is 1. The second-order valence-electron chi connectivity index (χ2n) is 7.67. The molecule has 3 aromatic carbocycles. The van der Waals surface area contributed by atoms with Crippen LogP contribution in [0.1, 0.15) is 32.9 Å². The summed E-state index contributed by atoms with van der Waals surface area (Å²) in [4.78, 5) is 12.8. The summed E-state index contributed by atoms with van der Waals surface area (Å²) in [5.74, 6) is 1.75. The third kappa shape index (κ3) is 5.26. The predicted molar refractivity (Wildman–Crippen MR) is 131 cm³/mol. The third-order valence-electron chi connectivity index (χ3n) is 5.37. The molecule has 0 bridgehead atoms. The second kappa shape index (κ2) is 10.4. The summed E-state index contributed by atoms with van der Waals surface area (Å²) < 4.78 is 7.32. The van der Waals surface area contributed by atoms with Gasteiger partial charge in [0, 0.05) is 11.4 Å². The van der Waals surface area contributed by atoms with E-state index in [1.54, 1.807) is 31.0 Å². The van der Waals surface area contributed by atoms with Crippen LogP contribution < -0.4 is 10.1 Å². The number of hydrogen-bond donors (Lipinski definition) is 1. The zero-order valence-electron chi connectivity index (χ0n) is 18.9. The Labute approximate surface area is 198 Å². The molecule has 6 nitrogen and oxygen atoms in total. The van der Waals surface area contributed by atoms with Crippen LogP contribution in [0.15, 0.2) is 78.0 Å². The van der Waals surface area contributed by atoms with E-state index in [-0.39, 0.29) is 12.5 Å². The standard InChI is InChI=1S/C26H26N4O2S/c1-18-12-14-21(15-13-18)30-24(16-27-25(31)22-10-6-7-11-23(22)32-3)28-29-26(30)33-17-20-9-5-4-8-19(20)2/h4-15H,16-17H2,1-3H3,(H,27,31). The molecule has 7 heteroatoms. The number of amides is 1. The SMILES string of the molecule is COc1ccccc1C(=O)NCc1nnc(SCc2ccccc2C)n1-c1ccc(C)cc1. The van der Waals surface area contributed by atoms with Crippen LogP contribution in [0.2, 0.25) is 0 Å². The average molecular weight is 459 g/mol. The first kappa shape index (κ1) is 22.6. The van der Waals surface area contributed by atoms with E-state index in [0.29, 0.717) is 17.1 Å². The molecule has 1 heterocycles. The fraction of sp³-hybridized carbons (Fsp3) is 0.192. The first-order valence-corrected chi connectivity index (χ1v) is 11.6. The fourth-order valence-corrected chi connectivity index (χ4v) is 4.51. The number of hydrogen-bond acceptors (Lipinski definition) is 5. The van der Waals surface area contributed by atoms with Crippen LogP contribution in [0.5, 0.6) is 5.75 Å². The lowest BCUT2D eigenvalue weighted by atomic mass is 10.1. The number of para-hydroxylation sites is 1. The second-order valence-corrected chi connectivity index (χ2v) is 8.61. The molecule has 0 spiro atoms. The normalized spacial score (nSPS) is 10.8. The number of rotatable bonds is 8. The van der Waals surface area contributed by atoms with Crippen molar-refractivity contribution in [3.63, 3.8) is 0 Å². The Hall–Kier alpha value is -3.58. The summed E-state index contributed by atoms with van der Waals surface area (Å²) in [6.07, 6.45) is 0. The number of carbonyl (C=O) groups is 1. The minimum absolute atomic E-state index is 0.222. The summed E-state index contributed by atoms with van der Waals surface area (Å²) >= 11 is 1.63. The molecule has 1 amide bonds. The number of benzene rings is 3. The first-order valence-electron chi connectivity index (χ1n) is 10.7. The van der Waals surface area contributed by atoms with Gasteiger partial charge in [-0.2, -0.15) is 0 Å². The van der Waals surface area contributed by atoms with E-state index in [0.717, 1.165) is 16.6 Å². The van der Waals surface area contributed by atoms with Gasteiger partial charge >= 0.3 is 0 Å². The summed E-state index contributed by atoms with van der Waals surface area (Å²) in [5, 5.41) is 12.6. The molecule has 0 saturated heterocycles. The van der Waals surface area contributed by atoms with E-state index >= 15 is 0 Å². The van der Waals surface area contributed by atoms with Crippen LogP contribution in [0.3, 0.4) is 0 Å². The molecular weight excluding hydrogens is 432 g/mol. The van der Waals surface area contributed by atoms with Gasteiger partial charge in [-0.1, -0.05) is 65.9 Å². The number of aromatic nitrogens is 3. The van der Waals surface area contributed by atoms with Gasteiger partial charge in [0.1, 0.15) is 5.75 Å². The molecule has 0 radical (unpaired) electrons. The molecule has 0 fully saturated rings. The predicted octanol–water partition coefficient (Wildman–Crippen LogP) is 5.12. The number of carbonyl (C=O) groups excluding carboxylic acids is 1. The molecule has 1 N–H and O–H groups in total. The van der Waals surface area contributed by atoms with Crippen LogP contribution in [-0.2, 0) is 12.3 Å². The van der Waals surface area contributed by atoms with Crippen molar-refractivity contribution in [1.29, 1.82) is 0 Å². The number of nitrogens with one attached hydrogen (secondary N) is 1. The number of aryl methyl sites for hydroxylation is 2. The van der Waals surface area contributed by atoms with E-state index in [1.807, 2.05) is 41.0 Å². The van der Waals surface area contributed by atoms with Crippen LogP contribution >= 0.6 is 11.8 Å². The van der Waals surface area contributed by atoms with Crippen molar-refractivity contribution in [3.8, 4) is 11.4 Å². The zero-order valence-corrected chi connectivity index (χ0v) is 19.7. The van der Waals surface area contributed by atoms with E-state index in [9.17, 15) is 4.79 Å². The van der Waals surface area contributed by atoms with Gasteiger partial charge < -0.3 is 10.1 Å². The van der Waals surface area contributed by atoms with Gasteiger partial charge in [0.15, 0.2) is 11.0 Å². The lowest BCUT2D eigenvalue weighted by molar-refractivity contribution is 0.0946. The van der Waals surface area contributed by atoms with Crippen LogP contribution in [0.4, 0.5) is 0 Å². The summed E-state index contributed by atoms with van der Waals surface area (Å²) in [7, 11) is 1.55. The molecule has 0 aliphatic carbocycles. The Morgan fingerprint density at radius 3 is 2.45 bits per heavy atom. The molecular formula is C26H26N4O2S. The number of ether oxygens (including phenoxy) is 1. The van der Waals surface area contributed by atoms with E-state index < -0.39 is 0 Å². The molecule has 0 saturated carbocycles. The first-order chi connectivity index (χ1) is 16.1. The van der Waals surface area contributed by atoms with Crippen molar-refractivity contribution in [2.24, 2.45) is 0 Å². The van der Waals surface area contributed by atoms with E-state index in [1.165, 1.54) is 16.7 Å². The van der Waals surface area contributed by atoms with Crippen molar-refractivity contribution < 1.29 is 9.53 Å². The highest BCUT2D eigenvalue weighted by Gasteiger charge is 2.17. The third-order valence-corrected chi connectivity index (χ3v) is 6.35. The molecule has 0 aliphatic rings. The zero-order chi connectivity index (χ0) is 23.2. The Bertz CT molecular complexity index is 1250. The van der Waals surface area contributed by atoms with Gasteiger partial charge in [-0.3, -0.25) is 9.36 Å². The minimum Gasteiger partial charge on any atom is -0.496 e. The fourth-order valence-electron chi connectivity index (χ4n) is 3.46. The molecule has 33 heavy (non-hydrogen) atoms. The van der Waals surface area contributed by atoms with E-state index in [4.69, 9.17) is 4.74 Å². The number of thioether (sulfide) groups is 1. The molecule has 168 valence electrons. The molecule has 0 atom stereocenters. The highest BCUT2D eigenvalue weighted by molar-refractivity contribution is 7.98. The molecule has 1 aromatic heterocycles. The van der Waals surface area contributed by atoms with Gasteiger partial charge in [0.05, 0.1) is 19.2 Å². The Morgan fingerprint density at radius 1 is 0.970 bits per heavy atom. The van der Waals surface area contributed by atoms with Gasteiger partial charge in [0.2, 0.25) is 0 Å². The highest BCUT2D eigenvalue weighted by atomic mass is 32.2. The van der Waals surface area contributed by atoms with Crippen molar-refractivity contribution in [1.82, 2.24) is 20.1 Å². The van der Waals surface area contributed by atoms with Crippen LogP contribution in [-0.4, -0.2) is 27.8 Å². The Balaban J connectivity index is 1.59. The molecule has 4 rings (SSSR count). The average Bonchev–Trinajstić information content (AvgIpc) is 3.25. The quantitative estimate of drug-likeness (QED) is 0.371. The monoisotopic (exact) mass is 458 g/mol. The van der Waals surface area contributed by atoms with Crippen molar-refractivity contribution in [2.45, 2.75) is 31.3 Å². The molecule has 0 unspecified atom stereocenters. The largest absolute Gasteiger partial charge is 0.496 e. The van der Waals surface area contributed by atoms with Crippen LogP contribution in [0, 0.1) is 13.8 Å². The lowest BCUT2D eigenvalue weighted by Gasteiger charge is -2.12. The van der Waals surface area contributed by atoms with Gasteiger partial charge in [-0.05, 0) is 49.2 Å². The van der Waals surface area contributed by atoms with Crippen molar-refractivity contribution in [3.05, 3.63) is 101 Å². The Kier molecular flexibility index (Phi) is 7.10. The molecule has 0 aliphatic heterocycles. The number of nitrogens with zero attached hydrogens (tertiary/aromatic N) is 3. The van der Waals surface area contributed by atoms with Crippen molar-refractivity contribution >= 4 is 17.7 Å². The molecule has 4 aromatic rings. The maximum Gasteiger partial charge on any atom is 0.255 e. The van der Waals surface area contributed by atoms with Gasteiger partial charge in [-0.15, -0.1) is 10.2 Å². The summed E-state index contributed by atoms with van der Waals surface area (Å²) in [6, 6.07) is 23.7. The minimum atomic E-state index is -0.222. The van der Waals surface area contributed by atoms with Gasteiger partial charge in [-0.25, -0.2) is 0 Å². The van der Waals surface area contributed by atoms with Crippen molar-refractivity contribution in [2.75, 3.05) is 7.11 Å². The lowest BCUT2D eigenvalue weighted by Crippen LogP contribution is -2.25. The maximum absolute atomic E-state index is 12.8. The Morgan fingerprint density at radius 2 is 1.70 bits per heavy atom. The van der Waals surface area contributed by atoms with E-state index in [2.05, 4.69) is 53.6 Å². The van der Waals surface area contributed by atoms with Crippen LogP contribution in [0.25, 0.3) is 5.69 Å². The summed E-state index contributed by atoms with van der Waals surface area (Å²) in [6.45, 7) is 4.40. The maximum atomic E-state index is 12.8. The topological polar surface area (TPSA) is 69.0 Å². The van der Waals surface area contributed by atoms with Gasteiger partial charge in [0.25, 0.3) is 5.91 Å². The summed E-state index contributed by atoms with van der Waals surface area (Å²) in [5.41, 5.74) is 5.12.